The highest BCUT2D eigenvalue weighted by molar-refractivity contribution is 6.30. The molecule has 0 radical (unpaired) electrons. The first-order chi connectivity index (χ1) is 19.7. The van der Waals surface area contributed by atoms with Crippen LogP contribution < -0.4 is 5.32 Å². The number of carbonyl (C=O) groups is 2. The number of amides is 1. The van der Waals surface area contributed by atoms with E-state index in [9.17, 15) is 9.59 Å². The minimum atomic E-state index is -0.651. The second-order valence-corrected chi connectivity index (χ2v) is 11.4. The summed E-state index contributed by atoms with van der Waals surface area (Å²) in [5.41, 5.74) is 6.22. The highest BCUT2D eigenvalue weighted by Gasteiger charge is 2.17. The molecule has 0 spiro atoms. The van der Waals surface area contributed by atoms with Crippen LogP contribution in [0.4, 0.5) is 0 Å². The zero-order valence-corrected chi connectivity index (χ0v) is 23.9. The van der Waals surface area contributed by atoms with Gasteiger partial charge in [-0.1, -0.05) is 98.2 Å². The Morgan fingerprint density at radius 1 is 0.878 bits per heavy atom. The third kappa shape index (κ3) is 6.79. The van der Waals surface area contributed by atoms with Crippen molar-refractivity contribution in [2.75, 3.05) is 0 Å². The smallest absolute Gasteiger partial charge is 0.258 e. The van der Waals surface area contributed by atoms with Gasteiger partial charge in [-0.3, -0.25) is 4.79 Å². The van der Waals surface area contributed by atoms with Crippen LogP contribution in [-0.4, -0.2) is 28.4 Å². The topological polar surface area (TPSA) is 85.1 Å². The fraction of sp³-hybridized carbons (Fsp3) is 0.176. The van der Waals surface area contributed by atoms with Gasteiger partial charge >= 0.3 is 0 Å². The zero-order valence-electron chi connectivity index (χ0n) is 23.1. The normalized spacial score (nSPS) is 12.1. The molecule has 0 saturated heterocycles. The van der Waals surface area contributed by atoms with E-state index in [4.69, 9.17) is 16.1 Å². The first kappa shape index (κ1) is 28.0. The molecule has 0 aliphatic rings. The maximum absolute atomic E-state index is 12.7. The summed E-state index contributed by atoms with van der Waals surface area (Å²) in [6.45, 7) is 6.36. The molecule has 1 heterocycles. The molecule has 0 saturated carbocycles. The van der Waals surface area contributed by atoms with Crippen LogP contribution in [-0.2, 0) is 16.6 Å². The molecular weight excluding hydrogens is 534 g/mol. The molecular formula is C34H30ClN3O3. The fourth-order valence-electron chi connectivity index (χ4n) is 4.48. The van der Waals surface area contributed by atoms with E-state index in [0.717, 1.165) is 39.7 Å². The van der Waals surface area contributed by atoms with Crippen LogP contribution in [0.1, 0.15) is 42.3 Å². The molecule has 5 rings (SSSR count). The van der Waals surface area contributed by atoms with Crippen molar-refractivity contribution >= 4 is 23.8 Å². The maximum Gasteiger partial charge on any atom is 0.258 e. The van der Waals surface area contributed by atoms with Crippen molar-refractivity contribution in [3.63, 3.8) is 0 Å². The number of hydrogen-bond acceptors (Lipinski definition) is 5. The van der Waals surface area contributed by atoms with Crippen LogP contribution in [0.25, 0.3) is 34.0 Å². The van der Waals surface area contributed by atoms with Gasteiger partial charge in [0.2, 0.25) is 5.82 Å². The number of halogens is 1. The molecule has 1 amide bonds. The quantitative estimate of drug-likeness (QED) is 0.197. The first-order valence-electron chi connectivity index (χ1n) is 13.4. The second-order valence-electron chi connectivity index (χ2n) is 11.0. The van der Waals surface area contributed by atoms with Crippen LogP contribution >= 0.6 is 11.6 Å². The van der Waals surface area contributed by atoms with Crippen molar-refractivity contribution in [1.29, 1.82) is 0 Å². The van der Waals surface area contributed by atoms with E-state index in [1.54, 1.807) is 12.1 Å². The van der Waals surface area contributed by atoms with Crippen molar-refractivity contribution in [2.24, 2.45) is 0 Å². The van der Waals surface area contributed by atoms with Crippen LogP contribution in [0.3, 0.4) is 0 Å². The van der Waals surface area contributed by atoms with E-state index in [1.807, 2.05) is 84.9 Å². The number of nitrogens with zero attached hydrogens (tertiary/aromatic N) is 2. The second kappa shape index (κ2) is 11.9. The van der Waals surface area contributed by atoms with E-state index in [2.05, 4.69) is 36.2 Å². The lowest BCUT2D eigenvalue weighted by atomic mass is 9.86. The minimum absolute atomic E-state index is 0.000659. The fourth-order valence-corrected chi connectivity index (χ4v) is 4.67. The number of aldehydes is 1. The van der Waals surface area contributed by atoms with Gasteiger partial charge in [-0.05, 0) is 70.5 Å². The predicted molar refractivity (Wildman–Crippen MR) is 162 cm³/mol. The number of benzene rings is 4. The lowest BCUT2D eigenvalue weighted by Gasteiger charge is -2.19. The molecule has 0 bridgehead atoms. The Morgan fingerprint density at radius 3 is 2.17 bits per heavy atom. The van der Waals surface area contributed by atoms with Gasteiger partial charge < -0.3 is 14.6 Å². The van der Waals surface area contributed by atoms with Gasteiger partial charge in [0.1, 0.15) is 6.29 Å². The highest BCUT2D eigenvalue weighted by Crippen LogP contribution is 2.27. The average molecular weight is 564 g/mol. The summed E-state index contributed by atoms with van der Waals surface area (Å²) in [6.07, 6.45) is 1.13. The van der Waals surface area contributed by atoms with Crippen LogP contribution in [0, 0.1) is 0 Å². The van der Waals surface area contributed by atoms with Gasteiger partial charge in [-0.15, -0.1) is 0 Å². The van der Waals surface area contributed by atoms with Crippen molar-refractivity contribution in [3.8, 4) is 34.0 Å². The molecule has 0 fully saturated rings. The zero-order chi connectivity index (χ0) is 29.0. The molecule has 1 N–H and O–H groups in total. The summed E-state index contributed by atoms with van der Waals surface area (Å²) < 4.78 is 5.52. The monoisotopic (exact) mass is 563 g/mol. The molecule has 1 aromatic heterocycles. The van der Waals surface area contributed by atoms with Gasteiger partial charge in [-0.25, -0.2) is 0 Å². The van der Waals surface area contributed by atoms with E-state index < -0.39 is 6.04 Å². The molecule has 0 aliphatic heterocycles. The molecule has 1 atom stereocenters. The standard InChI is InChI=1S/C34H30ClN3O3/c1-34(2,3)28-17-15-25(16-18-28)32(40)36-30(21-39)19-22-7-9-24(10-8-22)31-37-33(41-38-31)26-13-11-23(12-14-26)27-5-4-6-29(35)20-27/h4-18,20-21,30H,19H2,1-3H3,(H,36,40). The third-order valence-electron chi connectivity index (χ3n) is 6.88. The Balaban J connectivity index is 1.22. The molecule has 0 aliphatic carbocycles. The van der Waals surface area contributed by atoms with Crippen molar-refractivity contribution in [1.82, 2.24) is 15.5 Å². The van der Waals surface area contributed by atoms with E-state index in [1.165, 1.54) is 0 Å². The highest BCUT2D eigenvalue weighted by atomic mass is 35.5. The molecule has 6 nitrogen and oxygen atoms in total. The van der Waals surface area contributed by atoms with E-state index >= 15 is 0 Å². The predicted octanol–water partition coefficient (Wildman–Crippen LogP) is 7.56. The van der Waals surface area contributed by atoms with Crippen molar-refractivity contribution in [3.05, 3.63) is 119 Å². The molecule has 4 aromatic carbocycles. The Labute approximate surface area is 244 Å². The number of carbonyl (C=O) groups excluding carboxylic acids is 2. The van der Waals surface area contributed by atoms with E-state index in [-0.39, 0.29) is 11.3 Å². The Kier molecular flexibility index (Phi) is 8.13. The molecule has 206 valence electrons. The summed E-state index contributed by atoms with van der Waals surface area (Å²) in [4.78, 5) is 29.0. The number of rotatable bonds is 8. The van der Waals surface area contributed by atoms with Gasteiger partial charge in [0.15, 0.2) is 0 Å². The van der Waals surface area contributed by atoms with Crippen LogP contribution in [0.2, 0.25) is 5.02 Å². The largest absolute Gasteiger partial charge is 0.342 e. The lowest BCUT2D eigenvalue weighted by molar-refractivity contribution is -0.109. The van der Waals surface area contributed by atoms with Gasteiger partial charge in [0.05, 0.1) is 6.04 Å². The summed E-state index contributed by atoms with van der Waals surface area (Å²) in [5, 5.41) is 7.65. The Hall–Kier alpha value is -4.55. The molecule has 5 aromatic rings. The van der Waals surface area contributed by atoms with Crippen molar-refractivity contribution in [2.45, 2.75) is 38.6 Å². The van der Waals surface area contributed by atoms with Crippen LogP contribution in [0.5, 0.6) is 0 Å². The number of hydrogen-bond donors (Lipinski definition) is 1. The Bertz CT molecular complexity index is 1650. The minimum Gasteiger partial charge on any atom is -0.342 e. The average Bonchev–Trinajstić information content (AvgIpc) is 3.47. The van der Waals surface area contributed by atoms with E-state index in [0.29, 0.717) is 28.7 Å². The lowest BCUT2D eigenvalue weighted by Crippen LogP contribution is -2.37. The van der Waals surface area contributed by atoms with Gasteiger partial charge in [-0.2, -0.15) is 4.98 Å². The summed E-state index contributed by atoms with van der Waals surface area (Å²) >= 11 is 6.12. The summed E-state index contributed by atoms with van der Waals surface area (Å²) in [7, 11) is 0. The van der Waals surface area contributed by atoms with Crippen molar-refractivity contribution < 1.29 is 14.1 Å². The van der Waals surface area contributed by atoms with Gasteiger partial charge in [0.25, 0.3) is 11.8 Å². The summed E-state index contributed by atoms with van der Waals surface area (Å²) in [5.74, 6) is 0.601. The number of nitrogens with one attached hydrogen (secondary N) is 1. The molecule has 1 unspecified atom stereocenters. The Morgan fingerprint density at radius 2 is 1.54 bits per heavy atom. The summed E-state index contributed by atoms with van der Waals surface area (Å²) in [6, 6.07) is 29.9. The SMILES string of the molecule is CC(C)(C)c1ccc(C(=O)NC(C=O)Cc2ccc(-c3noc(-c4ccc(-c5cccc(Cl)c5)cc4)n3)cc2)cc1. The third-order valence-corrected chi connectivity index (χ3v) is 7.11. The molecule has 7 heteroatoms. The maximum atomic E-state index is 12.7. The first-order valence-corrected chi connectivity index (χ1v) is 13.7. The molecule has 41 heavy (non-hydrogen) atoms. The van der Waals surface area contributed by atoms with Gasteiger partial charge in [0, 0.05) is 21.7 Å². The van der Waals surface area contributed by atoms with Crippen LogP contribution in [0.15, 0.2) is 102 Å². The number of aromatic nitrogens is 2.